The highest BCUT2D eigenvalue weighted by atomic mass is 32.1. The van der Waals surface area contributed by atoms with Gasteiger partial charge in [-0.25, -0.2) is 0 Å². The molecule has 7 heteroatoms. The van der Waals surface area contributed by atoms with Crippen molar-refractivity contribution in [2.45, 2.75) is 33.7 Å². The van der Waals surface area contributed by atoms with E-state index in [1.165, 1.54) is 0 Å². The fourth-order valence-corrected chi connectivity index (χ4v) is 3.15. The Hall–Kier alpha value is -1.50. The first-order valence-electron chi connectivity index (χ1n) is 6.75. The van der Waals surface area contributed by atoms with E-state index in [-0.39, 0.29) is 23.8 Å². The summed E-state index contributed by atoms with van der Waals surface area (Å²) in [6.07, 6.45) is 0. The molecule has 0 aliphatic carbocycles. The third-order valence-electron chi connectivity index (χ3n) is 3.84. The first-order chi connectivity index (χ1) is 9.40. The van der Waals surface area contributed by atoms with Crippen molar-refractivity contribution in [3.8, 4) is 0 Å². The van der Waals surface area contributed by atoms with Crippen molar-refractivity contribution in [1.82, 2.24) is 19.8 Å². The van der Waals surface area contributed by atoms with Gasteiger partial charge in [-0.05, 0) is 24.4 Å². The lowest BCUT2D eigenvalue weighted by Gasteiger charge is -2.22. The Labute approximate surface area is 122 Å². The van der Waals surface area contributed by atoms with Crippen molar-refractivity contribution < 1.29 is 9.59 Å². The van der Waals surface area contributed by atoms with Gasteiger partial charge in [0.05, 0.1) is 11.7 Å². The zero-order valence-corrected chi connectivity index (χ0v) is 13.0. The molecular formula is C13H20N4O2S. The summed E-state index contributed by atoms with van der Waals surface area (Å²) >= 11 is 1.10. The minimum Gasteiger partial charge on any atom is -0.346 e. The van der Waals surface area contributed by atoms with Gasteiger partial charge in [0.15, 0.2) is 0 Å². The van der Waals surface area contributed by atoms with Crippen LogP contribution in [0, 0.1) is 18.8 Å². The highest BCUT2D eigenvalue weighted by Gasteiger charge is 2.37. The van der Waals surface area contributed by atoms with Crippen LogP contribution in [0.3, 0.4) is 0 Å². The number of nitrogens with one attached hydrogen (secondary N) is 1. The van der Waals surface area contributed by atoms with E-state index in [1.54, 1.807) is 18.7 Å². The molecule has 1 fully saturated rings. The maximum atomic E-state index is 12.2. The molecule has 0 radical (unpaired) electrons. The molecule has 2 rings (SSSR count). The van der Waals surface area contributed by atoms with Crippen molar-refractivity contribution >= 4 is 23.3 Å². The Morgan fingerprint density at radius 1 is 1.40 bits per heavy atom. The molecule has 110 valence electrons. The third-order valence-corrected chi connectivity index (χ3v) is 4.67. The molecule has 0 unspecified atom stereocenters. The lowest BCUT2D eigenvalue weighted by Crippen LogP contribution is -2.42. The van der Waals surface area contributed by atoms with Crippen molar-refractivity contribution in [2.75, 3.05) is 13.1 Å². The van der Waals surface area contributed by atoms with Crippen LogP contribution < -0.4 is 5.32 Å². The number of carbonyl (C=O) groups excluding carboxylic acids is 2. The van der Waals surface area contributed by atoms with Gasteiger partial charge in [-0.1, -0.05) is 18.3 Å². The zero-order chi connectivity index (χ0) is 14.9. The molecule has 2 atom stereocenters. The van der Waals surface area contributed by atoms with Crippen LogP contribution in [0.5, 0.6) is 0 Å². The van der Waals surface area contributed by atoms with Crippen LogP contribution in [0.4, 0.5) is 0 Å². The van der Waals surface area contributed by atoms with Gasteiger partial charge in [-0.2, -0.15) is 0 Å². The third kappa shape index (κ3) is 2.98. The number of amides is 2. The summed E-state index contributed by atoms with van der Waals surface area (Å²) in [7, 11) is 0. The number of likely N-dealkylation sites (tertiary alicyclic amines) is 1. The van der Waals surface area contributed by atoms with Crippen molar-refractivity contribution in [3.05, 3.63) is 10.6 Å². The van der Waals surface area contributed by atoms with Gasteiger partial charge in [0.1, 0.15) is 4.88 Å². The second-order valence-electron chi connectivity index (χ2n) is 5.60. The van der Waals surface area contributed by atoms with Crippen LogP contribution in [0.25, 0.3) is 0 Å². The molecule has 1 aliphatic heterocycles. The second kappa shape index (κ2) is 5.87. The summed E-state index contributed by atoms with van der Waals surface area (Å²) in [5.41, 5.74) is 0.648. The molecule has 1 aromatic heterocycles. The number of aromatic nitrogens is 2. The predicted octanol–water partition coefficient (Wildman–Crippen LogP) is 1.08. The van der Waals surface area contributed by atoms with Crippen LogP contribution in [0.1, 0.15) is 36.1 Å². The van der Waals surface area contributed by atoms with Gasteiger partial charge in [0, 0.05) is 25.9 Å². The second-order valence-corrected chi connectivity index (χ2v) is 6.35. The summed E-state index contributed by atoms with van der Waals surface area (Å²) < 4.78 is 3.78. The van der Waals surface area contributed by atoms with Crippen LogP contribution in [0.2, 0.25) is 0 Å². The largest absolute Gasteiger partial charge is 0.346 e. The van der Waals surface area contributed by atoms with E-state index in [9.17, 15) is 9.59 Å². The van der Waals surface area contributed by atoms with E-state index >= 15 is 0 Å². The number of nitrogens with zero attached hydrogens (tertiary/aromatic N) is 3. The monoisotopic (exact) mass is 296 g/mol. The molecule has 0 aromatic carbocycles. The molecule has 1 aromatic rings. The van der Waals surface area contributed by atoms with E-state index in [1.807, 2.05) is 0 Å². The molecule has 1 N–H and O–H groups in total. The summed E-state index contributed by atoms with van der Waals surface area (Å²) in [6, 6.07) is -0.00657. The van der Waals surface area contributed by atoms with Gasteiger partial charge >= 0.3 is 0 Å². The highest BCUT2D eigenvalue weighted by molar-refractivity contribution is 7.08. The maximum absolute atomic E-state index is 12.2. The average molecular weight is 296 g/mol. The first kappa shape index (κ1) is 14.9. The minimum atomic E-state index is -0.140. The molecule has 0 bridgehead atoms. The van der Waals surface area contributed by atoms with E-state index in [4.69, 9.17) is 0 Å². The van der Waals surface area contributed by atoms with Crippen molar-refractivity contribution in [3.63, 3.8) is 0 Å². The predicted molar refractivity (Wildman–Crippen MR) is 76.5 cm³/mol. The Morgan fingerprint density at radius 3 is 2.60 bits per heavy atom. The number of hydrogen-bond acceptors (Lipinski definition) is 5. The number of carbonyl (C=O) groups is 2. The molecule has 2 heterocycles. The van der Waals surface area contributed by atoms with Gasteiger partial charge < -0.3 is 10.2 Å². The molecule has 20 heavy (non-hydrogen) atoms. The Morgan fingerprint density at radius 2 is 2.10 bits per heavy atom. The van der Waals surface area contributed by atoms with E-state index in [0.717, 1.165) is 11.5 Å². The summed E-state index contributed by atoms with van der Waals surface area (Å²) in [4.78, 5) is 26.1. The standard InChI is InChI=1S/C13H20N4O2S/c1-7(2)10-5-17(9(4)18)6-11(10)14-13(19)12-8(3)15-16-20-12/h7,10-11H,5-6H2,1-4H3,(H,14,19)/t10-,11+/m1/s1. The lowest BCUT2D eigenvalue weighted by atomic mass is 9.91. The fraction of sp³-hybridized carbons (Fsp3) is 0.692. The van der Waals surface area contributed by atoms with Crippen molar-refractivity contribution in [2.24, 2.45) is 11.8 Å². The zero-order valence-electron chi connectivity index (χ0n) is 12.2. The van der Waals surface area contributed by atoms with Crippen LogP contribution in [-0.4, -0.2) is 45.4 Å². The SMILES string of the molecule is CC(=O)N1C[C@H](NC(=O)c2snnc2C)[C@@H](C(C)C)C1. The summed E-state index contributed by atoms with van der Waals surface area (Å²) in [5, 5.41) is 6.89. The number of aryl methyl sites for hydroxylation is 1. The minimum absolute atomic E-state index is 0.00657. The molecule has 2 amide bonds. The Kier molecular flexibility index (Phi) is 4.37. The van der Waals surface area contributed by atoms with Gasteiger partial charge in [-0.15, -0.1) is 5.10 Å². The Bertz CT molecular complexity index is 514. The highest BCUT2D eigenvalue weighted by Crippen LogP contribution is 2.25. The smallest absolute Gasteiger partial charge is 0.265 e. The summed E-state index contributed by atoms with van der Waals surface area (Å²) in [5.74, 6) is 0.607. The quantitative estimate of drug-likeness (QED) is 0.905. The molecule has 1 saturated heterocycles. The Balaban J connectivity index is 2.09. The van der Waals surface area contributed by atoms with E-state index in [0.29, 0.717) is 29.6 Å². The molecule has 1 aliphatic rings. The first-order valence-corrected chi connectivity index (χ1v) is 7.52. The van der Waals surface area contributed by atoms with Crippen LogP contribution in [-0.2, 0) is 4.79 Å². The molecule has 0 saturated carbocycles. The molecular weight excluding hydrogens is 276 g/mol. The maximum Gasteiger partial charge on any atom is 0.265 e. The molecule has 6 nitrogen and oxygen atoms in total. The van der Waals surface area contributed by atoms with Crippen molar-refractivity contribution in [1.29, 1.82) is 0 Å². The number of rotatable bonds is 3. The number of hydrogen-bond donors (Lipinski definition) is 1. The lowest BCUT2D eigenvalue weighted by molar-refractivity contribution is -0.128. The topological polar surface area (TPSA) is 75.2 Å². The van der Waals surface area contributed by atoms with Gasteiger partial charge in [-0.3, -0.25) is 9.59 Å². The van der Waals surface area contributed by atoms with Gasteiger partial charge in [0.2, 0.25) is 5.91 Å². The normalized spacial score (nSPS) is 22.4. The van der Waals surface area contributed by atoms with E-state index < -0.39 is 0 Å². The van der Waals surface area contributed by atoms with Crippen LogP contribution >= 0.6 is 11.5 Å². The molecule has 0 spiro atoms. The fourth-order valence-electron chi connectivity index (χ4n) is 2.59. The summed E-state index contributed by atoms with van der Waals surface area (Å²) in [6.45, 7) is 8.86. The van der Waals surface area contributed by atoms with E-state index in [2.05, 4.69) is 28.8 Å². The van der Waals surface area contributed by atoms with Gasteiger partial charge in [0.25, 0.3) is 5.91 Å². The average Bonchev–Trinajstić information content (AvgIpc) is 2.95. The van der Waals surface area contributed by atoms with Crippen LogP contribution in [0.15, 0.2) is 0 Å².